The fourth-order valence-electron chi connectivity index (χ4n) is 1.40. The molecule has 0 radical (unpaired) electrons. The van der Waals surface area contributed by atoms with E-state index < -0.39 is 0 Å². The maximum absolute atomic E-state index is 11.8. The smallest absolute Gasteiger partial charge is 0.251 e. The molecule has 0 heterocycles. The molecule has 1 aromatic rings. The van der Waals surface area contributed by atoms with Crippen LogP contribution in [0, 0.1) is 0 Å². The van der Waals surface area contributed by atoms with E-state index in [4.69, 9.17) is 9.84 Å². The number of phenolic OH excluding ortho intramolecular Hbond substituents is 2. The van der Waals surface area contributed by atoms with Crippen molar-refractivity contribution in [1.29, 1.82) is 0 Å². The Balaban J connectivity index is 2.72. The molecule has 0 aromatic heterocycles. The first-order valence-electron chi connectivity index (χ1n) is 5.40. The SMILES string of the molecule is CCC(COC)NC(=O)c1ccc(O)c(O)c1. The largest absolute Gasteiger partial charge is 0.504 e. The number of carbonyl (C=O) groups is 1. The first-order valence-corrected chi connectivity index (χ1v) is 5.40. The van der Waals surface area contributed by atoms with Crippen molar-refractivity contribution in [3.8, 4) is 11.5 Å². The van der Waals surface area contributed by atoms with Crippen LogP contribution < -0.4 is 5.32 Å². The molecule has 0 aliphatic carbocycles. The van der Waals surface area contributed by atoms with Gasteiger partial charge in [-0.05, 0) is 24.6 Å². The Kier molecular flexibility index (Phi) is 4.78. The van der Waals surface area contributed by atoms with E-state index in [2.05, 4.69) is 5.32 Å². The first kappa shape index (κ1) is 13.3. The number of benzene rings is 1. The third-order valence-electron chi connectivity index (χ3n) is 2.43. The number of nitrogens with one attached hydrogen (secondary N) is 1. The molecule has 0 saturated heterocycles. The van der Waals surface area contributed by atoms with Crippen LogP contribution in [0.4, 0.5) is 0 Å². The Morgan fingerprint density at radius 2 is 2.12 bits per heavy atom. The molecule has 1 atom stereocenters. The van der Waals surface area contributed by atoms with Crippen molar-refractivity contribution in [2.24, 2.45) is 0 Å². The van der Waals surface area contributed by atoms with Gasteiger partial charge < -0.3 is 20.3 Å². The van der Waals surface area contributed by atoms with E-state index >= 15 is 0 Å². The third kappa shape index (κ3) is 3.64. The fraction of sp³-hybridized carbons (Fsp3) is 0.417. The van der Waals surface area contributed by atoms with Crippen molar-refractivity contribution in [3.05, 3.63) is 23.8 Å². The number of ether oxygens (including phenoxy) is 1. The number of methoxy groups -OCH3 is 1. The van der Waals surface area contributed by atoms with Gasteiger partial charge in [-0.2, -0.15) is 0 Å². The number of phenols is 2. The summed E-state index contributed by atoms with van der Waals surface area (Å²) in [6.45, 7) is 2.38. The summed E-state index contributed by atoms with van der Waals surface area (Å²) < 4.78 is 4.97. The quantitative estimate of drug-likeness (QED) is 0.676. The summed E-state index contributed by atoms with van der Waals surface area (Å²) in [5.74, 6) is -0.855. The summed E-state index contributed by atoms with van der Waals surface area (Å²) >= 11 is 0. The van der Waals surface area contributed by atoms with E-state index in [0.29, 0.717) is 12.2 Å². The highest BCUT2D eigenvalue weighted by Gasteiger charge is 2.13. The van der Waals surface area contributed by atoms with Gasteiger partial charge in [-0.1, -0.05) is 6.92 Å². The average molecular weight is 239 g/mol. The standard InChI is InChI=1S/C12H17NO4/c1-3-9(7-17-2)13-12(16)8-4-5-10(14)11(15)6-8/h4-6,9,14-15H,3,7H2,1-2H3,(H,13,16). The van der Waals surface area contributed by atoms with Gasteiger partial charge in [-0.3, -0.25) is 4.79 Å². The van der Waals surface area contributed by atoms with Gasteiger partial charge in [0.05, 0.1) is 12.6 Å². The molecule has 94 valence electrons. The van der Waals surface area contributed by atoms with Crippen LogP contribution in [0.3, 0.4) is 0 Å². The van der Waals surface area contributed by atoms with E-state index in [0.717, 1.165) is 6.42 Å². The van der Waals surface area contributed by atoms with Crippen LogP contribution in [0.5, 0.6) is 11.5 Å². The van der Waals surface area contributed by atoms with E-state index in [1.807, 2.05) is 6.92 Å². The van der Waals surface area contributed by atoms with Crippen molar-refractivity contribution in [1.82, 2.24) is 5.32 Å². The molecule has 5 nitrogen and oxygen atoms in total. The van der Waals surface area contributed by atoms with E-state index in [1.54, 1.807) is 7.11 Å². The van der Waals surface area contributed by atoms with Gasteiger partial charge in [-0.25, -0.2) is 0 Å². The van der Waals surface area contributed by atoms with Crippen molar-refractivity contribution >= 4 is 5.91 Å². The Morgan fingerprint density at radius 1 is 1.41 bits per heavy atom. The Bertz CT molecular complexity index is 392. The summed E-state index contributed by atoms with van der Waals surface area (Å²) in [5.41, 5.74) is 0.301. The molecule has 3 N–H and O–H groups in total. The van der Waals surface area contributed by atoms with Gasteiger partial charge in [0.15, 0.2) is 11.5 Å². The van der Waals surface area contributed by atoms with Gasteiger partial charge in [0.1, 0.15) is 0 Å². The van der Waals surface area contributed by atoms with Gasteiger partial charge in [-0.15, -0.1) is 0 Å². The number of rotatable bonds is 5. The lowest BCUT2D eigenvalue weighted by atomic mass is 10.1. The molecular weight excluding hydrogens is 222 g/mol. The van der Waals surface area contributed by atoms with Crippen LogP contribution in [0.25, 0.3) is 0 Å². The number of aromatic hydroxyl groups is 2. The zero-order valence-electron chi connectivity index (χ0n) is 9.93. The lowest BCUT2D eigenvalue weighted by molar-refractivity contribution is 0.0894. The number of hydrogen-bond acceptors (Lipinski definition) is 4. The molecule has 0 aliphatic rings. The molecular formula is C12H17NO4. The van der Waals surface area contributed by atoms with Crippen LogP contribution in [-0.4, -0.2) is 35.9 Å². The molecule has 0 aliphatic heterocycles. The summed E-state index contributed by atoms with van der Waals surface area (Å²) in [6, 6.07) is 3.89. The van der Waals surface area contributed by atoms with Gasteiger partial charge >= 0.3 is 0 Å². The zero-order chi connectivity index (χ0) is 12.8. The number of carbonyl (C=O) groups excluding carboxylic acids is 1. The lowest BCUT2D eigenvalue weighted by Crippen LogP contribution is -2.37. The molecule has 1 aromatic carbocycles. The molecule has 17 heavy (non-hydrogen) atoms. The van der Waals surface area contributed by atoms with E-state index in [-0.39, 0.29) is 23.4 Å². The highest BCUT2D eigenvalue weighted by atomic mass is 16.5. The third-order valence-corrected chi connectivity index (χ3v) is 2.43. The first-order chi connectivity index (χ1) is 8.08. The summed E-state index contributed by atoms with van der Waals surface area (Å²) in [6.07, 6.45) is 0.754. The topological polar surface area (TPSA) is 78.8 Å². The second-order valence-corrected chi connectivity index (χ2v) is 3.74. The second-order valence-electron chi connectivity index (χ2n) is 3.74. The van der Waals surface area contributed by atoms with Gasteiger partial charge in [0, 0.05) is 12.7 Å². The van der Waals surface area contributed by atoms with Crippen molar-refractivity contribution < 1.29 is 19.7 Å². The predicted molar refractivity (Wildman–Crippen MR) is 63.2 cm³/mol. The van der Waals surface area contributed by atoms with Crippen molar-refractivity contribution in [2.45, 2.75) is 19.4 Å². The van der Waals surface area contributed by atoms with E-state index in [1.165, 1.54) is 18.2 Å². The monoisotopic (exact) mass is 239 g/mol. The molecule has 0 spiro atoms. The fourth-order valence-corrected chi connectivity index (χ4v) is 1.40. The molecule has 5 heteroatoms. The van der Waals surface area contributed by atoms with Crippen molar-refractivity contribution in [2.75, 3.05) is 13.7 Å². The molecule has 1 unspecified atom stereocenters. The van der Waals surface area contributed by atoms with Crippen LogP contribution in [0.1, 0.15) is 23.7 Å². The predicted octanol–water partition coefficient (Wildman–Crippen LogP) is 1.25. The molecule has 0 saturated carbocycles. The van der Waals surface area contributed by atoms with Crippen LogP contribution in [0.2, 0.25) is 0 Å². The Hall–Kier alpha value is -1.75. The average Bonchev–Trinajstić information content (AvgIpc) is 2.31. The molecule has 1 rings (SSSR count). The maximum atomic E-state index is 11.8. The van der Waals surface area contributed by atoms with Gasteiger partial charge in [0.25, 0.3) is 5.91 Å². The minimum atomic E-state index is -0.308. The minimum Gasteiger partial charge on any atom is -0.504 e. The van der Waals surface area contributed by atoms with Gasteiger partial charge in [0.2, 0.25) is 0 Å². The summed E-state index contributed by atoms with van der Waals surface area (Å²) in [4.78, 5) is 11.8. The van der Waals surface area contributed by atoms with E-state index in [9.17, 15) is 9.90 Å². The molecule has 0 fully saturated rings. The minimum absolute atomic E-state index is 0.0663. The molecule has 0 bridgehead atoms. The lowest BCUT2D eigenvalue weighted by Gasteiger charge is -2.15. The highest BCUT2D eigenvalue weighted by molar-refractivity contribution is 5.95. The summed E-state index contributed by atoms with van der Waals surface area (Å²) in [7, 11) is 1.57. The Morgan fingerprint density at radius 3 is 2.65 bits per heavy atom. The van der Waals surface area contributed by atoms with Crippen molar-refractivity contribution in [3.63, 3.8) is 0 Å². The normalized spacial score (nSPS) is 12.1. The zero-order valence-corrected chi connectivity index (χ0v) is 9.93. The molecule has 1 amide bonds. The highest BCUT2D eigenvalue weighted by Crippen LogP contribution is 2.24. The number of amides is 1. The maximum Gasteiger partial charge on any atom is 0.251 e. The summed E-state index contributed by atoms with van der Waals surface area (Å²) in [5, 5.41) is 21.2. The van der Waals surface area contributed by atoms with Crippen LogP contribution in [-0.2, 0) is 4.74 Å². The second kappa shape index (κ2) is 6.10. The Labute approximate surface area is 100 Å². The van der Waals surface area contributed by atoms with Crippen LogP contribution >= 0.6 is 0 Å². The van der Waals surface area contributed by atoms with Crippen LogP contribution in [0.15, 0.2) is 18.2 Å². The number of hydrogen-bond donors (Lipinski definition) is 3.